The number of anilines is 1. The van der Waals surface area contributed by atoms with Gasteiger partial charge in [-0.2, -0.15) is 9.40 Å². The summed E-state index contributed by atoms with van der Waals surface area (Å²) in [7, 11) is -3.90. The van der Waals surface area contributed by atoms with Gasteiger partial charge in [0.25, 0.3) is 10.0 Å². The first-order valence-electron chi connectivity index (χ1n) is 9.45. The summed E-state index contributed by atoms with van der Waals surface area (Å²) < 4.78 is 32.8. The molecule has 2 heterocycles. The fourth-order valence-electron chi connectivity index (χ4n) is 3.43. The van der Waals surface area contributed by atoms with Crippen LogP contribution in [-0.4, -0.2) is 61.7 Å². The highest BCUT2D eigenvalue weighted by Crippen LogP contribution is 2.26. The molecule has 1 N–H and O–H groups in total. The number of rotatable bonds is 6. The highest BCUT2D eigenvalue weighted by Gasteiger charge is 2.36. The molecule has 0 saturated carbocycles. The third kappa shape index (κ3) is 3.77. The zero-order valence-electron chi connectivity index (χ0n) is 16.4. The molecule has 1 fully saturated rings. The molecule has 0 bridgehead atoms. The third-order valence-corrected chi connectivity index (χ3v) is 6.75. The predicted octanol–water partition coefficient (Wildman–Crippen LogP) is 1.97. The number of aromatic amines is 1. The van der Waals surface area contributed by atoms with E-state index in [1.165, 1.54) is 4.31 Å². The topological polar surface area (TPSA) is 95.6 Å². The van der Waals surface area contributed by atoms with E-state index in [4.69, 9.17) is 4.74 Å². The molecule has 28 heavy (non-hydrogen) atoms. The smallest absolute Gasteiger partial charge is 0.343 e. The molecule has 0 amide bonds. The first-order chi connectivity index (χ1) is 13.4. The summed E-state index contributed by atoms with van der Waals surface area (Å²) in [4.78, 5) is 14.5. The van der Waals surface area contributed by atoms with Crippen LogP contribution in [0.3, 0.4) is 0 Å². The molecule has 0 unspecified atom stereocenters. The van der Waals surface area contributed by atoms with Crippen molar-refractivity contribution in [2.24, 2.45) is 0 Å². The van der Waals surface area contributed by atoms with E-state index >= 15 is 0 Å². The Morgan fingerprint density at radius 2 is 1.86 bits per heavy atom. The van der Waals surface area contributed by atoms with Crippen LogP contribution in [0, 0.1) is 6.92 Å². The van der Waals surface area contributed by atoms with E-state index in [2.05, 4.69) is 15.1 Å². The second-order valence-corrected chi connectivity index (χ2v) is 8.49. The number of nitrogens with one attached hydrogen (secondary N) is 1. The van der Waals surface area contributed by atoms with Crippen LogP contribution in [0.2, 0.25) is 0 Å². The van der Waals surface area contributed by atoms with Crippen molar-refractivity contribution in [2.75, 3.05) is 37.7 Å². The van der Waals surface area contributed by atoms with Gasteiger partial charge in [0.2, 0.25) is 5.03 Å². The van der Waals surface area contributed by atoms with E-state index < -0.39 is 16.0 Å². The lowest BCUT2D eigenvalue weighted by atomic mass is 10.1. The lowest BCUT2D eigenvalue weighted by molar-refractivity contribution is 0.0520. The Labute approximate surface area is 165 Å². The number of para-hydroxylation sites is 1. The molecule has 3 rings (SSSR count). The minimum absolute atomic E-state index is 0.0192. The van der Waals surface area contributed by atoms with E-state index in [0.29, 0.717) is 38.3 Å². The van der Waals surface area contributed by atoms with Crippen LogP contribution in [0.25, 0.3) is 0 Å². The average Bonchev–Trinajstić information content (AvgIpc) is 3.14. The molecule has 1 aromatic heterocycles. The largest absolute Gasteiger partial charge is 0.462 e. The number of H-pyrrole nitrogens is 1. The lowest BCUT2D eigenvalue weighted by Gasteiger charge is -2.35. The molecule has 8 nitrogen and oxygen atoms in total. The summed E-state index contributed by atoms with van der Waals surface area (Å²) in [6.07, 6.45) is 0.456. The van der Waals surface area contributed by atoms with Crippen LogP contribution >= 0.6 is 0 Å². The van der Waals surface area contributed by atoms with E-state index in [0.717, 1.165) is 11.3 Å². The minimum atomic E-state index is -3.90. The number of carbonyl (C=O) groups is 1. The van der Waals surface area contributed by atoms with Gasteiger partial charge in [-0.25, -0.2) is 13.2 Å². The van der Waals surface area contributed by atoms with Gasteiger partial charge in [-0.05, 0) is 31.9 Å². The predicted molar refractivity (Wildman–Crippen MR) is 106 cm³/mol. The zero-order valence-corrected chi connectivity index (χ0v) is 17.3. The number of aryl methyl sites for hydroxylation is 2. The van der Waals surface area contributed by atoms with Gasteiger partial charge in [0.1, 0.15) is 5.56 Å². The van der Waals surface area contributed by atoms with Crippen molar-refractivity contribution in [3.05, 3.63) is 41.1 Å². The van der Waals surface area contributed by atoms with Gasteiger partial charge in [-0.1, -0.05) is 25.1 Å². The minimum Gasteiger partial charge on any atom is -0.462 e. The molecular weight excluding hydrogens is 380 g/mol. The van der Waals surface area contributed by atoms with Crippen molar-refractivity contribution in [1.82, 2.24) is 14.5 Å². The third-order valence-electron chi connectivity index (χ3n) is 4.92. The number of carbonyl (C=O) groups excluding carboxylic acids is 1. The standard InChI is InChI=1S/C19H26N4O4S/c1-4-15-17(19(24)27-5-2)18(21-20-15)28(25,26)23-12-10-22(11-13-23)16-9-7-6-8-14(16)3/h6-9H,4-5,10-13H2,1-3H3,(H,20,21). The summed E-state index contributed by atoms with van der Waals surface area (Å²) >= 11 is 0. The quantitative estimate of drug-likeness (QED) is 0.737. The van der Waals surface area contributed by atoms with Crippen LogP contribution in [0.5, 0.6) is 0 Å². The Morgan fingerprint density at radius 1 is 1.18 bits per heavy atom. The molecule has 1 aromatic carbocycles. The lowest BCUT2D eigenvalue weighted by Crippen LogP contribution is -2.49. The molecule has 9 heteroatoms. The summed E-state index contributed by atoms with van der Waals surface area (Å²) in [6, 6.07) is 8.05. The zero-order chi connectivity index (χ0) is 20.3. The molecule has 152 valence electrons. The van der Waals surface area contributed by atoms with Crippen LogP contribution in [0.1, 0.15) is 35.5 Å². The average molecular weight is 407 g/mol. The highest BCUT2D eigenvalue weighted by atomic mass is 32.2. The number of hydrogen-bond donors (Lipinski definition) is 1. The highest BCUT2D eigenvalue weighted by molar-refractivity contribution is 7.89. The van der Waals surface area contributed by atoms with E-state index in [1.54, 1.807) is 6.92 Å². The van der Waals surface area contributed by atoms with E-state index in [9.17, 15) is 13.2 Å². The maximum Gasteiger partial charge on any atom is 0.343 e. The van der Waals surface area contributed by atoms with Crippen molar-refractivity contribution < 1.29 is 17.9 Å². The number of aromatic nitrogens is 2. The number of benzene rings is 1. The Morgan fingerprint density at radius 3 is 2.46 bits per heavy atom. The van der Waals surface area contributed by atoms with Crippen molar-refractivity contribution in [2.45, 2.75) is 32.2 Å². The molecule has 2 aromatic rings. The molecule has 1 aliphatic rings. The maximum atomic E-state index is 13.2. The van der Waals surface area contributed by atoms with Gasteiger partial charge in [0, 0.05) is 31.9 Å². The summed E-state index contributed by atoms with van der Waals surface area (Å²) in [5, 5.41) is 6.40. The van der Waals surface area contributed by atoms with Crippen molar-refractivity contribution in [3.8, 4) is 0 Å². The molecule has 1 aliphatic heterocycles. The molecule has 0 spiro atoms. The van der Waals surface area contributed by atoms with Gasteiger partial charge in [-0.15, -0.1) is 0 Å². The summed E-state index contributed by atoms with van der Waals surface area (Å²) in [5.74, 6) is -0.662. The van der Waals surface area contributed by atoms with Crippen LogP contribution in [0.4, 0.5) is 5.69 Å². The van der Waals surface area contributed by atoms with Gasteiger partial charge in [0.05, 0.1) is 12.3 Å². The molecule has 0 atom stereocenters. The number of hydrogen-bond acceptors (Lipinski definition) is 6. The summed E-state index contributed by atoms with van der Waals surface area (Å²) in [5.41, 5.74) is 2.75. The van der Waals surface area contributed by atoms with Gasteiger partial charge in [0.15, 0.2) is 0 Å². The second kappa shape index (κ2) is 8.32. The normalized spacial score (nSPS) is 15.6. The molecule has 0 radical (unpaired) electrons. The van der Waals surface area contributed by atoms with Crippen LogP contribution in [-0.2, 0) is 21.2 Å². The number of piperazine rings is 1. The molecule has 0 aliphatic carbocycles. The molecular formula is C19H26N4O4S. The van der Waals surface area contributed by atoms with E-state index in [1.807, 2.05) is 38.1 Å². The maximum absolute atomic E-state index is 13.2. The van der Waals surface area contributed by atoms with Crippen LogP contribution < -0.4 is 4.90 Å². The first-order valence-corrected chi connectivity index (χ1v) is 10.9. The fourth-order valence-corrected chi connectivity index (χ4v) is 4.94. The van der Waals surface area contributed by atoms with Crippen LogP contribution in [0.15, 0.2) is 29.3 Å². The fraction of sp³-hybridized carbons (Fsp3) is 0.474. The Kier molecular flexibility index (Phi) is 6.04. The first kappa shape index (κ1) is 20.3. The van der Waals surface area contributed by atoms with Gasteiger partial charge >= 0.3 is 5.97 Å². The Bertz CT molecular complexity index is 947. The second-order valence-electron chi connectivity index (χ2n) is 6.63. The van der Waals surface area contributed by atoms with Gasteiger partial charge in [-0.3, -0.25) is 5.10 Å². The van der Waals surface area contributed by atoms with E-state index in [-0.39, 0.29) is 17.2 Å². The molecule has 1 saturated heterocycles. The Balaban J connectivity index is 1.83. The van der Waals surface area contributed by atoms with Crippen molar-refractivity contribution in [1.29, 1.82) is 0 Å². The monoisotopic (exact) mass is 406 g/mol. The van der Waals surface area contributed by atoms with Crippen molar-refractivity contribution >= 4 is 21.7 Å². The SMILES string of the molecule is CCOC(=O)c1c(S(=O)(=O)N2CCN(c3ccccc3C)CC2)n[nH]c1CC. The number of ether oxygens (including phenoxy) is 1. The summed E-state index contributed by atoms with van der Waals surface area (Å²) in [6.45, 7) is 7.52. The number of nitrogens with zero attached hydrogens (tertiary/aromatic N) is 3. The Hall–Kier alpha value is -2.39. The number of esters is 1. The number of sulfonamides is 1. The van der Waals surface area contributed by atoms with Gasteiger partial charge < -0.3 is 9.64 Å². The van der Waals surface area contributed by atoms with Crippen molar-refractivity contribution in [3.63, 3.8) is 0 Å².